The number of carboxylic acid groups (broad SMARTS) is 1. The summed E-state index contributed by atoms with van der Waals surface area (Å²) in [7, 11) is 0. The van der Waals surface area contributed by atoms with Gasteiger partial charge in [0.05, 0.1) is 5.92 Å². The topological polar surface area (TPSA) is 40.5 Å². The first-order valence-corrected chi connectivity index (χ1v) is 6.93. The zero-order chi connectivity index (χ0) is 13.7. The van der Waals surface area contributed by atoms with Crippen LogP contribution in [0.15, 0.2) is 36.4 Å². The lowest BCUT2D eigenvalue weighted by atomic mass is 9.89. The lowest BCUT2D eigenvalue weighted by molar-refractivity contribution is -0.140. The molecule has 3 heteroatoms. The summed E-state index contributed by atoms with van der Waals surface area (Å²) in [5.41, 5.74) is 1.99. The van der Waals surface area contributed by atoms with Crippen molar-refractivity contribution >= 4 is 11.5 Å². The van der Waals surface area contributed by atoms with Crippen molar-refractivity contribution in [2.45, 2.75) is 19.8 Å². The molecule has 0 saturated carbocycles. The molecule has 1 unspecified atom stereocenters. The van der Waals surface area contributed by atoms with Gasteiger partial charge >= 0.3 is 5.97 Å². The zero-order valence-electron chi connectivity index (χ0n) is 11.4. The average molecular weight is 259 g/mol. The van der Waals surface area contributed by atoms with E-state index >= 15 is 0 Å². The van der Waals surface area contributed by atoms with E-state index in [2.05, 4.69) is 17.9 Å². The normalized spacial score (nSPS) is 20.1. The monoisotopic (exact) mass is 259 g/mol. The minimum atomic E-state index is -0.726. The Labute approximate surface area is 114 Å². The zero-order valence-corrected chi connectivity index (χ0v) is 11.4. The van der Waals surface area contributed by atoms with Crippen molar-refractivity contribution < 1.29 is 9.90 Å². The number of carbonyl (C=O) groups is 1. The Bertz CT molecular complexity index is 453. The third-order valence-electron chi connectivity index (χ3n) is 3.62. The molecule has 1 aliphatic heterocycles. The molecule has 1 aromatic rings. The third-order valence-corrected chi connectivity index (χ3v) is 3.62. The van der Waals surface area contributed by atoms with Crippen molar-refractivity contribution in [2.24, 2.45) is 5.92 Å². The fourth-order valence-corrected chi connectivity index (χ4v) is 2.53. The summed E-state index contributed by atoms with van der Waals surface area (Å²) in [6, 6.07) is 9.85. The lowest BCUT2D eigenvalue weighted by Crippen LogP contribution is -2.38. The van der Waals surface area contributed by atoms with E-state index in [1.54, 1.807) is 0 Å². The molecule has 0 fully saturated rings. The van der Waals surface area contributed by atoms with Gasteiger partial charge < -0.3 is 5.11 Å². The molecule has 1 heterocycles. The highest BCUT2D eigenvalue weighted by molar-refractivity contribution is 5.88. The maximum absolute atomic E-state index is 11.5. The van der Waals surface area contributed by atoms with Crippen LogP contribution in [0.5, 0.6) is 0 Å². The van der Waals surface area contributed by atoms with E-state index in [1.165, 1.54) is 0 Å². The highest BCUT2D eigenvalue weighted by Crippen LogP contribution is 2.28. The standard InChI is InChI=1S/C16H21NO2/c1-2-3-10-17-11-9-14(15(12-17)16(18)19)13-7-5-4-6-8-13/h4-9,15H,2-3,10-12H2,1H3,(H,18,19). The van der Waals surface area contributed by atoms with Crippen molar-refractivity contribution in [3.8, 4) is 0 Å². The Morgan fingerprint density at radius 1 is 1.37 bits per heavy atom. The number of hydrogen-bond acceptors (Lipinski definition) is 2. The number of unbranched alkanes of at least 4 members (excludes halogenated alkanes) is 1. The van der Waals surface area contributed by atoms with Gasteiger partial charge in [0.25, 0.3) is 0 Å². The number of benzene rings is 1. The predicted molar refractivity (Wildman–Crippen MR) is 76.9 cm³/mol. The number of rotatable bonds is 5. The first-order chi connectivity index (χ1) is 9.22. The predicted octanol–water partition coefficient (Wildman–Crippen LogP) is 2.89. The van der Waals surface area contributed by atoms with Gasteiger partial charge in [-0.25, -0.2) is 0 Å². The summed E-state index contributed by atoms with van der Waals surface area (Å²) in [5, 5.41) is 9.45. The van der Waals surface area contributed by atoms with E-state index in [-0.39, 0.29) is 0 Å². The SMILES string of the molecule is CCCCN1CC=C(c2ccccc2)C(C(=O)O)C1. The molecule has 102 valence electrons. The lowest BCUT2D eigenvalue weighted by Gasteiger charge is -2.31. The largest absolute Gasteiger partial charge is 0.481 e. The fourth-order valence-electron chi connectivity index (χ4n) is 2.53. The summed E-state index contributed by atoms with van der Waals surface area (Å²) in [4.78, 5) is 13.7. The second-order valence-corrected chi connectivity index (χ2v) is 5.03. The molecule has 1 aromatic carbocycles. The summed E-state index contributed by atoms with van der Waals surface area (Å²) in [6.07, 6.45) is 4.34. The van der Waals surface area contributed by atoms with Crippen molar-refractivity contribution in [3.05, 3.63) is 42.0 Å². The molecular formula is C16H21NO2. The molecule has 2 rings (SSSR count). The number of carboxylic acids is 1. The molecule has 0 amide bonds. The Kier molecular flexibility index (Phi) is 4.74. The minimum Gasteiger partial charge on any atom is -0.481 e. The van der Waals surface area contributed by atoms with Crippen molar-refractivity contribution in [1.82, 2.24) is 4.90 Å². The molecular weight excluding hydrogens is 238 g/mol. The van der Waals surface area contributed by atoms with Gasteiger partial charge in [0.1, 0.15) is 0 Å². The van der Waals surface area contributed by atoms with Crippen molar-refractivity contribution in [2.75, 3.05) is 19.6 Å². The molecule has 0 saturated heterocycles. The van der Waals surface area contributed by atoms with Crippen LogP contribution in [0.4, 0.5) is 0 Å². The highest BCUT2D eigenvalue weighted by atomic mass is 16.4. The van der Waals surface area contributed by atoms with Gasteiger partial charge in [-0.15, -0.1) is 0 Å². The minimum absolute atomic E-state index is 0.409. The van der Waals surface area contributed by atoms with Gasteiger partial charge in [0.2, 0.25) is 0 Å². The molecule has 0 aromatic heterocycles. The Balaban J connectivity index is 2.18. The number of hydrogen-bond donors (Lipinski definition) is 1. The average Bonchev–Trinajstić information content (AvgIpc) is 2.45. The smallest absolute Gasteiger partial charge is 0.312 e. The van der Waals surface area contributed by atoms with E-state index in [0.717, 1.165) is 37.1 Å². The van der Waals surface area contributed by atoms with E-state index in [4.69, 9.17) is 0 Å². The van der Waals surface area contributed by atoms with Crippen LogP contribution in [0.2, 0.25) is 0 Å². The quantitative estimate of drug-likeness (QED) is 0.884. The summed E-state index contributed by atoms with van der Waals surface area (Å²) >= 11 is 0. The van der Waals surface area contributed by atoms with E-state index in [9.17, 15) is 9.90 Å². The van der Waals surface area contributed by atoms with E-state index in [1.807, 2.05) is 30.3 Å². The summed E-state index contributed by atoms with van der Waals surface area (Å²) in [5.74, 6) is -1.13. The number of nitrogens with zero attached hydrogens (tertiary/aromatic N) is 1. The maximum atomic E-state index is 11.5. The van der Waals surface area contributed by atoms with Gasteiger partial charge in [-0.05, 0) is 24.1 Å². The molecule has 0 aliphatic carbocycles. The molecule has 1 atom stereocenters. The summed E-state index contributed by atoms with van der Waals surface area (Å²) < 4.78 is 0. The van der Waals surface area contributed by atoms with Crippen LogP contribution in [0.25, 0.3) is 5.57 Å². The third kappa shape index (κ3) is 3.44. The second kappa shape index (κ2) is 6.53. The first kappa shape index (κ1) is 13.8. The molecule has 19 heavy (non-hydrogen) atoms. The van der Waals surface area contributed by atoms with Crippen LogP contribution in [0.1, 0.15) is 25.3 Å². The highest BCUT2D eigenvalue weighted by Gasteiger charge is 2.28. The maximum Gasteiger partial charge on any atom is 0.312 e. The molecule has 3 nitrogen and oxygen atoms in total. The Morgan fingerprint density at radius 2 is 2.11 bits per heavy atom. The second-order valence-electron chi connectivity index (χ2n) is 5.03. The van der Waals surface area contributed by atoms with Crippen LogP contribution < -0.4 is 0 Å². The van der Waals surface area contributed by atoms with Gasteiger partial charge in [-0.2, -0.15) is 0 Å². The molecule has 1 aliphatic rings. The van der Waals surface area contributed by atoms with Crippen LogP contribution in [0, 0.1) is 5.92 Å². The Morgan fingerprint density at radius 3 is 2.74 bits per heavy atom. The van der Waals surface area contributed by atoms with Gasteiger partial charge in [-0.1, -0.05) is 49.8 Å². The van der Waals surface area contributed by atoms with Gasteiger partial charge in [0, 0.05) is 13.1 Å². The molecule has 0 bridgehead atoms. The molecule has 1 N–H and O–H groups in total. The van der Waals surface area contributed by atoms with E-state index < -0.39 is 11.9 Å². The fraction of sp³-hybridized carbons (Fsp3) is 0.438. The molecule has 0 radical (unpaired) electrons. The molecule has 0 spiro atoms. The number of aliphatic carboxylic acids is 1. The van der Waals surface area contributed by atoms with E-state index in [0.29, 0.717) is 6.54 Å². The van der Waals surface area contributed by atoms with Crippen LogP contribution >= 0.6 is 0 Å². The van der Waals surface area contributed by atoms with Gasteiger partial charge in [-0.3, -0.25) is 9.69 Å². The van der Waals surface area contributed by atoms with Gasteiger partial charge in [0.15, 0.2) is 0 Å². The summed E-state index contributed by atoms with van der Waals surface area (Å²) in [6.45, 7) is 4.62. The van der Waals surface area contributed by atoms with Crippen LogP contribution in [-0.4, -0.2) is 35.6 Å². The van der Waals surface area contributed by atoms with Crippen molar-refractivity contribution in [1.29, 1.82) is 0 Å². The Hall–Kier alpha value is -1.61. The van der Waals surface area contributed by atoms with Crippen LogP contribution in [0.3, 0.4) is 0 Å². The van der Waals surface area contributed by atoms with Crippen molar-refractivity contribution in [3.63, 3.8) is 0 Å². The first-order valence-electron chi connectivity index (χ1n) is 6.93. The van der Waals surface area contributed by atoms with Crippen LogP contribution in [-0.2, 0) is 4.79 Å².